The molecule has 0 aliphatic heterocycles. The largest absolute Gasteiger partial charge is 0.356 e. The first kappa shape index (κ1) is 12.8. The Bertz CT molecular complexity index is 317. The molecule has 0 aliphatic rings. The third-order valence-electron chi connectivity index (χ3n) is 2.25. The first-order valence-electron chi connectivity index (χ1n) is 5.25. The van der Waals surface area contributed by atoms with Crippen LogP contribution in [0.3, 0.4) is 0 Å². The Hall–Kier alpha value is -0.280. The highest BCUT2D eigenvalue weighted by atomic mass is 79.9. The number of halogens is 2. The first-order chi connectivity index (χ1) is 7.19. The van der Waals surface area contributed by atoms with Crippen molar-refractivity contribution in [2.45, 2.75) is 26.7 Å². The van der Waals surface area contributed by atoms with Crippen LogP contribution >= 0.6 is 27.5 Å². The maximum absolute atomic E-state index is 5.86. The van der Waals surface area contributed by atoms with Gasteiger partial charge in [-0.05, 0) is 35.3 Å². The zero-order valence-electron chi connectivity index (χ0n) is 9.13. The van der Waals surface area contributed by atoms with Gasteiger partial charge in [0, 0.05) is 19.3 Å². The van der Waals surface area contributed by atoms with E-state index < -0.39 is 0 Å². The minimum atomic E-state index is 0.664. The molecule has 0 amide bonds. The Morgan fingerprint density at radius 2 is 2.20 bits per heavy atom. The van der Waals surface area contributed by atoms with Gasteiger partial charge in [0.1, 0.15) is 5.82 Å². The van der Waals surface area contributed by atoms with Crippen LogP contribution < -0.4 is 4.90 Å². The lowest BCUT2D eigenvalue weighted by molar-refractivity contribution is 0.723. The maximum Gasteiger partial charge on any atom is 0.142 e. The summed E-state index contributed by atoms with van der Waals surface area (Å²) in [5, 5.41) is 0.664. The molecule has 1 rings (SSSR count). The van der Waals surface area contributed by atoms with Crippen molar-refractivity contribution < 1.29 is 0 Å². The molecule has 0 N–H and O–H groups in total. The maximum atomic E-state index is 5.86. The Labute approximate surface area is 105 Å². The van der Waals surface area contributed by atoms with E-state index in [1.165, 1.54) is 12.8 Å². The van der Waals surface area contributed by atoms with E-state index >= 15 is 0 Å². The Morgan fingerprint density at radius 1 is 1.47 bits per heavy atom. The molecule has 84 valence electrons. The predicted octanol–water partition coefficient (Wildman–Crippen LogP) is 4.12. The topological polar surface area (TPSA) is 16.1 Å². The Kier molecular flexibility index (Phi) is 5.40. The standard InChI is InChI=1S/C11H16BrClN2/c1-3-5-6-15(4-2)11-10(12)7-9(13)8-14-11/h7-8H,3-6H2,1-2H3. The summed E-state index contributed by atoms with van der Waals surface area (Å²) in [6, 6.07) is 1.89. The van der Waals surface area contributed by atoms with Crippen LogP contribution in [0.1, 0.15) is 26.7 Å². The summed E-state index contributed by atoms with van der Waals surface area (Å²) in [7, 11) is 0. The highest BCUT2D eigenvalue weighted by Crippen LogP contribution is 2.26. The van der Waals surface area contributed by atoms with E-state index in [1.807, 2.05) is 6.07 Å². The van der Waals surface area contributed by atoms with Crippen LogP contribution in [0.15, 0.2) is 16.7 Å². The summed E-state index contributed by atoms with van der Waals surface area (Å²) in [5.41, 5.74) is 0. The number of pyridine rings is 1. The van der Waals surface area contributed by atoms with Gasteiger partial charge in [0.25, 0.3) is 0 Å². The molecule has 0 saturated carbocycles. The Morgan fingerprint density at radius 3 is 2.73 bits per heavy atom. The molecule has 2 nitrogen and oxygen atoms in total. The molecule has 0 aromatic carbocycles. The van der Waals surface area contributed by atoms with Crippen molar-refractivity contribution >= 4 is 33.3 Å². The fourth-order valence-electron chi connectivity index (χ4n) is 1.40. The second kappa shape index (κ2) is 6.33. The molecule has 0 aliphatic carbocycles. The third kappa shape index (κ3) is 3.65. The minimum absolute atomic E-state index is 0.664. The summed E-state index contributed by atoms with van der Waals surface area (Å²) in [4.78, 5) is 6.60. The van der Waals surface area contributed by atoms with E-state index in [-0.39, 0.29) is 0 Å². The van der Waals surface area contributed by atoms with Crippen LogP contribution in [0.4, 0.5) is 5.82 Å². The molecule has 4 heteroatoms. The smallest absolute Gasteiger partial charge is 0.142 e. The number of anilines is 1. The van der Waals surface area contributed by atoms with Gasteiger partial charge in [0.2, 0.25) is 0 Å². The molecule has 1 aromatic rings. The van der Waals surface area contributed by atoms with E-state index in [1.54, 1.807) is 6.20 Å². The van der Waals surface area contributed by atoms with E-state index in [0.717, 1.165) is 23.4 Å². The number of nitrogens with zero attached hydrogens (tertiary/aromatic N) is 2. The molecule has 0 unspecified atom stereocenters. The van der Waals surface area contributed by atoms with Crippen LogP contribution in [0.5, 0.6) is 0 Å². The molecule has 1 heterocycles. The van der Waals surface area contributed by atoms with Crippen molar-refractivity contribution in [3.05, 3.63) is 21.8 Å². The normalized spacial score (nSPS) is 10.4. The van der Waals surface area contributed by atoms with Gasteiger partial charge in [-0.2, -0.15) is 0 Å². The summed E-state index contributed by atoms with van der Waals surface area (Å²) >= 11 is 9.35. The lowest BCUT2D eigenvalue weighted by atomic mass is 10.3. The summed E-state index contributed by atoms with van der Waals surface area (Å²) in [5.74, 6) is 0.982. The van der Waals surface area contributed by atoms with Crippen LogP contribution in [-0.2, 0) is 0 Å². The van der Waals surface area contributed by atoms with Gasteiger partial charge >= 0.3 is 0 Å². The van der Waals surface area contributed by atoms with Gasteiger partial charge in [0.05, 0.1) is 9.50 Å². The average molecular weight is 292 g/mol. The molecule has 0 spiro atoms. The summed E-state index contributed by atoms with van der Waals surface area (Å²) in [6.45, 7) is 6.34. The molecular formula is C11H16BrClN2. The second-order valence-corrected chi connectivity index (χ2v) is 4.68. The van der Waals surface area contributed by atoms with E-state index in [2.05, 4.69) is 39.7 Å². The van der Waals surface area contributed by atoms with Gasteiger partial charge in [-0.25, -0.2) is 4.98 Å². The average Bonchev–Trinajstić information content (AvgIpc) is 2.21. The molecule has 15 heavy (non-hydrogen) atoms. The van der Waals surface area contributed by atoms with Crippen molar-refractivity contribution in [3.63, 3.8) is 0 Å². The predicted molar refractivity (Wildman–Crippen MR) is 69.7 cm³/mol. The minimum Gasteiger partial charge on any atom is -0.356 e. The van der Waals surface area contributed by atoms with Crippen molar-refractivity contribution in [2.24, 2.45) is 0 Å². The van der Waals surface area contributed by atoms with Gasteiger partial charge in [0.15, 0.2) is 0 Å². The van der Waals surface area contributed by atoms with Gasteiger partial charge in [-0.15, -0.1) is 0 Å². The quantitative estimate of drug-likeness (QED) is 0.811. The Balaban J connectivity index is 2.81. The SMILES string of the molecule is CCCCN(CC)c1ncc(Cl)cc1Br. The fourth-order valence-corrected chi connectivity index (χ4v) is 2.29. The fraction of sp³-hybridized carbons (Fsp3) is 0.545. The highest BCUT2D eigenvalue weighted by molar-refractivity contribution is 9.10. The number of aromatic nitrogens is 1. The molecule has 0 atom stereocenters. The van der Waals surface area contributed by atoms with Crippen molar-refractivity contribution in [1.29, 1.82) is 0 Å². The summed E-state index contributed by atoms with van der Waals surface area (Å²) < 4.78 is 0.966. The number of unbranched alkanes of at least 4 members (excludes halogenated alkanes) is 1. The van der Waals surface area contributed by atoms with Gasteiger partial charge in [-0.3, -0.25) is 0 Å². The van der Waals surface area contributed by atoms with Crippen LogP contribution in [0.2, 0.25) is 5.02 Å². The molecular weight excluding hydrogens is 275 g/mol. The van der Waals surface area contributed by atoms with Crippen LogP contribution in [-0.4, -0.2) is 18.1 Å². The lowest BCUT2D eigenvalue weighted by Gasteiger charge is -2.22. The van der Waals surface area contributed by atoms with Crippen LogP contribution in [0, 0.1) is 0 Å². The molecule has 1 aromatic heterocycles. The first-order valence-corrected chi connectivity index (χ1v) is 6.42. The number of hydrogen-bond acceptors (Lipinski definition) is 2. The number of rotatable bonds is 5. The van der Waals surface area contributed by atoms with Crippen molar-refractivity contribution in [2.75, 3.05) is 18.0 Å². The van der Waals surface area contributed by atoms with Crippen LogP contribution in [0.25, 0.3) is 0 Å². The molecule has 0 saturated heterocycles. The van der Waals surface area contributed by atoms with Crippen molar-refractivity contribution in [3.8, 4) is 0 Å². The van der Waals surface area contributed by atoms with Gasteiger partial charge in [-0.1, -0.05) is 24.9 Å². The zero-order valence-corrected chi connectivity index (χ0v) is 11.5. The molecule has 0 fully saturated rings. The van der Waals surface area contributed by atoms with E-state index in [9.17, 15) is 0 Å². The molecule has 0 radical (unpaired) electrons. The second-order valence-electron chi connectivity index (χ2n) is 3.39. The summed E-state index contributed by atoms with van der Waals surface area (Å²) in [6.07, 6.45) is 4.07. The third-order valence-corrected chi connectivity index (χ3v) is 3.04. The van der Waals surface area contributed by atoms with E-state index in [0.29, 0.717) is 5.02 Å². The molecule has 0 bridgehead atoms. The zero-order chi connectivity index (χ0) is 11.3. The highest BCUT2D eigenvalue weighted by Gasteiger charge is 2.09. The lowest BCUT2D eigenvalue weighted by Crippen LogP contribution is -2.25. The van der Waals surface area contributed by atoms with E-state index in [4.69, 9.17) is 11.6 Å². The monoisotopic (exact) mass is 290 g/mol. The van der Waals surface area contributed by atoms with Crippen molar-refractivity contribution in [1.82, 2.24) is 4.98 Å². The van der Waals surface area contributed by atoms with Gasteiger partial charge < -0.3 is 4.90 Å². The number of hydrogen-bond donors (Lipinski definition) is 0.